The number of rotatable bonds is 0. The van der Waals surface area contributed by atoms with Crippen molar-refractivity contribution >= 4 is 5.78 Å². The third kappa shape index (κ3) is 0.426. The number of carbonyl (C=O) groups is 1. The Morgan fingerprint density at radius 1 is 1.67 bits per heavy atom. The molecule has 0 spiro atoms. The van der Waals surface area contributed by atoms with Crippen LogP contribution in [0.25, 0.3) is 0 Å². The summed E-state index contributed by atoms with van der Waals surface area (Å²) >= 11 is 0. The molecule has 0 aromatic rings. The van der Waals surface area contributed by atoms with Gasteiger partial charge in [0.15, 0.2) is 0 Å². The number of hydrogen-bond donors (Lipinski definition) is 0. The van der Waals surface area contributed by atoms with Crippen LogP contribution in [0.4, 0.5) is 0 Å². The molecule has 1 aliphatic carbocycles. The molecule has 3 rings (SSSR count). The zero-order valence-electron chi connectivity index (χ0n) is 6.36. The van der Waals surface area contributed by atoms with Crippen LogP contribution in [0.15, 0.2) is 12.2 Å². The van der Waals surface area contributed by atoms with Gasteiger partial charge in [-0.1, -0.05) is 12.2 Å². The fourth-order valence-corrected chi connectivity index (χ4v) is 2.54. The van der Waals surface area contributed by atoms with Crippen LogP contribution in [-0.2, 0) is 9.53 Å². The van der Waals surface area contributed by atoms with E-state index in [1.807, 2.05) is 12.2 Å². The molecule has 2 aliphatic heterocycles. The first-order valence-electron chi connectivity index (χ1n) is 4.06. The van der Waals surface area contributed by atoms with Crippen molar-refractivity contribution in [2.75, 3.05) is 0 Å². The standard InChI is InChI=1S/C9H7NO2/c10-4-9-3-5(11)8(9)6-1-2-7(9)12-6/h1-2,6-8H,3H2. The lowest BCUT2D eigenvalue weighted by Gasteiger charge is -2.40. The summed E-state index contributed by atoms with van der Waals surface area (Å²) in [6.45, 7) is 0. The average molecular weight is 161 g/mol. The number of Topliss-reactive ketones (excluding diaryl/α,β-unsaturated/α-hetero) is 1. The quantitative estimate of drug-likeness (QED) is 0.484. The van der Waals surface area contributed by atoms with E-state index in [1.54, 1.807) is 0 Å². The van der Waals surface area contributed by atoms with E-state index in [-0.39, 0.29) is 23.9 Å². The number of carbonyl (C=O) groups excluding carboxylic acids is 1. The van der Waals surface area contributed by atoms with Gasteiger partial charge < -0.3 is 4.74 Å². The molecule has 0 amide bonds. The second-order valence-corrected chi connectivity index (χ2v) is 3.68. The number of ketones is 1. The highest BCUT2D eigenvalue weighted by Crippen LogP contribution is 2.58. The van der Waals surface area contributed by atoms with Crippen molar-refractivity contribution in [3.63, 3.8) is 0 Å². The molecule has 0 N–H and O–H groups in total. The molecule has 4 unspecified atom stereocenters. The van der Waals surface area contributed by atoms with E-state index in [4.69, 9.17) is 10.00 Å². The number of nitrogens with zero attached hydrogens (tertiary/aromatic N) is 1. The Kier molecular flexibility index (Phi) is 0.862. The maximum atomic E-state index is 11.2. The van der Waals surface area contributed by atoms with Crippen molar-refractivity contribution in [2.24, 2.45) is 11.3 Å². The molecule has 0 aromatic carbocycles. The molecule has 4 atom stereocenters. The summed E-state index contributed by atoms with van der Waals surface area (Å²) in [5.41, 5.74) is -0.490. The Morgan fingerprint density at radius 3 is 3.08 bits per heavy atom. The lowest BCUT2D eigenvalue weighted by Crippen LogP contribution is -2.52. The molecule has 60 valence electrons. The first-order chi connectivity index (χ1) is 5.78. The van der Waals surface area contributed by atoms with Gasteiger partial charge in [-0.2, -0.15) is 5.26 Å². The summed E-state index contributed by atoms with van der Waals surface area (Å²) in [4.78, 5) is 11.2. The third-order valence-electron chi connectivity index (χ3n) is 3.19. The number of hydrogen-bond acceptors (Lipinski definition) is 3. The minimum atomic E-state index is -0.490. The summed E-state index contributed by atoms with van der Waals surface area (Å²) in [5.74, 6) is 0.0332. The molecular weight excluding hydrogens is 154 g/mol. The predicted molar refractivity (Wildman–Crippen MR) is 39.0 cm³/mol. The molecule has 1 saturated heterocycles. The fraction of sp³-hybridized carbons (Fsp3) is 0.556. The molecule has 3 aliphatic rings. The maximum absolute atomic E-state index is 11.2. The molecular formula is C9H7NO2. The summed E-state index contributed by atoms with van der Waals surface area (Å²) in [6.07, 6.45) is 3.99. The van der Waals surface area contributed by atoms with Gasteiger partial charge in [0.1, 0.15) is 11.2 Å². The number of ether oxygens (including phenoxy) is 1. The van der Waals surface area contributed by atoms with Gasteiger partial charge in [0.05, 0.1) is 24.2 Å². The van der Waals surface area contributed by atoms with E-state index in [0.717, 1.165) is 0 Å². The van der Waals surface area contributed by atoms with Gasteiger partial charge in [-0.05, 0) is 0 Å². The van der Waals surface area contributed by atoms with Crippen molar-refractivity contribution in [1.82, 2.24) is 0 Å². The van der Waals surface area contributed by atoms with E-state index >= 15 is 0 Å². The van der Waals surface area contributed by atoms with Gasteiger partial charge >= 0.3 is 0 Å². The van der Waals surface area contributed by atoms with E-state index in [2.05, 4.69) is 6.07 Å². The first kappa shape index (κ1) is 6.38. The van der Waals surface area contributed by atoms with Gasteiger partial charge in [-0.15, -0.1) is 0 Å². The van der Waals surface area contributed by atoms with Gasteiger partial charge in [0, 0.05) is 6.42 Å². The van der Waals surface area contributed by atoms with Crippen LogP contribution in [0.5, 0.6) is 0 Å². The summed E-state index contributed by atoms with van der Waals surface area (Å²) in [5, 5.41) is 8.97. The van der Waals surface area contributed by atoms with Crippen LogP contribution in [0.3, 0.4) is 0 Å². The van der Waals surface area contributed by atoms with Crippen LogP contribution in [0, 0.1) is 22.7 Å². The first-order valence-corrected chi connectivity index (χ1v) is 4.06. The second-order valence-electron chi connectivity index (χ2n) is 3.68. The Labute approximate surface area is 69.6 Å². The SMILES string of the molecule is N#CC12CC(=O)C1C1C=CC2O1. The van der Waals surface area contributed by atoms with Gasteiger partial charge in [-0.3, -0.25) is 4.79 Å². The topological polar surface area (TPSA) is 50.1 Å². The summed E-state index contributed by atoms with van der Waals surface area (Å²) in [6, 6.07) is 2.24. The van der Waals surface area contributed by atoms with Gasteiger partial charge in [-0.25, -0.2) is 0 Å². The molecule has 3 heteroatoms. The van der Waals surface area contributed by atoms with Crippen molar-refractivity contribution in [3.8, 4) is 6.07 Å². The molecule has 0 radical (unpaired) electrons. The predicted octanol–water partition coefficient (Wildman–Crippen LogP) is 0.423. The lowest BCUT2D eigenvalue weighted by atomic mass is 9.55. The monoisotopic (exact) mass is 161 g/mol. The minimum Gasteiger partial charge on any atom is -0.364 e. The highest BCUT2D eigenvalue weighted by atomic mass is 16.5. The molecule has 2 heterocycles. The third-order valence-corrected chi connectivity index (χ3v) is 3.19. The summed E-state index contributed by atoms with van der Waals surface area (Å²) in [7, 11) is 0. The fourth-order valence-electron chi connectivity index (χ4n) is 2.54. The Hall–Kier alpha value is -1.14. The Balaban J connectivity index is 2.12. The average Bonchev–Trinajstić information content (AvgIpc) is 2.56. The molecule has 2 bridgehead atoms. The van der Waals surface area contributed by atoms with E-state index in [9.17, 15) is 4.79 Å². The minimum absolute atomic E-state index is 0.101. The molecule has 12 heavy (non-hydrogen) atoms. The maximum Gasteiger partial charge on any atom is 0.142 e. The van der Waals surface area contributed by atoms with Crippen LogP contribution in [-0.4, -0.2) is 18.0 Å². The number of fused-ring (bicyclic) bond motifs is 5. The van der Waals surface area contributed by atoms with Crippen molar-refractivity contribution in [2.45, 2.75) is 18.6 Å². The van der Waals surface area contributed by atoms with E-state index < -0.39 is 5.41 Å². The van der Waals surface area contributed by atoms with Crippen LogP contribution in [0.2, 0.25) is 0 Å². The van der Waals surface area contributed by atoms with Crippen LogP contribution < -0.4 is 0 Å². The van der Waals surface area contributed by atoms with Gasteiger partial charge in [0.25, 0.3) is 0 Å². The zero-order chi connectivity index (χ0) is 8.34. The van der Waals surface area contributed by atoms with Crippen molar-refractivity contribution in [3.05, 3.63) is 12.2 Å². The van der Waals surface area contributed by atoms with Gasteiger partial charge in [0.2, 0.25) is 0 Å². The highest BCUT2D eigenvalue weighted by molar-refractivity contribution is 5.92. The molecule has 1 saturated carbocycles. The van der Waals surface area contributed by atoms with Crippen molar-refractivity contribution in [1.29, 1.82) is 5.26 Å². The highest BCUT2D eigenvalue weighted by Gasteiger charge is 2.68. The van der Waals surface area contributed by atoms with Crippen molar-refractivity contribution < 1.29 is 9.53 Å². The van der Waals surface area contributed by atoms with E-state index in [0.29, 0.717) is 6.42 Å². The van der Waals surface area contributed by atoms with Crippen LogP contribution >= 0.6 is 0 Å². The normalized spacial score (nSPS) is 53.2. The smallest absolute Gasteiger partial charge is 0.142 e. The molecule has 0 aromatic heterocycles. The Bertz CT molecular complexity index is 341. The number of nitriles is 1. The van der Waals surface area contributed by atoms with Crippen LogP contribution in [0.1, 0.15) is 6.42 Å². The summed E-state index contributed by atoms with van der Waals surface area (Å²) < 4.78 is 5.47. The largest absolute Gasteiger partial charge is 0.364 e. The molecule has 3 nitrogen and oxygen atoms in total. The van der Waals surface area contributed by atoms with E-state index in [1.165, 1.54) is 0 Å². The second kappa shape index (κ2) is 1.62. The Morgan fingerprint density at radius 2 is 2.50 bits per heavy atom. The zero-order valence-corrected chi connectivity index (χ0v) is 6.36. The molecule has 2 fully saturated rings. The lowest BCUT2D eigenvalue weighted by molar-refractivity contribution is -0.137.